The van der Waals surface area contributed by atoms with Gasteiger partial charge in [-0.2, -0.15) is 5.10 Å². The zero-order chi connectivity index (χ0) is 18.0. The molecule has 0 aliphatic rings. The Hall–Kier alpha value is -2.86. The van der Waals surface area contributed by atoms with Gasteiger partial charge in [-0.15, -0.1) is 0 Å². The molecule has 1 unspecified atom stereocenters. The van der Waals surface area contributed by atoms with E-state index in [1.165, 1.54) is 0 Å². The fourth-order valence-corrected chi connectivity index (χ4v) is 2.49. The maximum Gasteiger partial charge on any atom is 0.251 e. The predicted molar refractivity (Wildman–Crippen MR) is 93.7 cm³/mol. The van der Waals surface area contributed by atoms with E-state index in [0.29, 0.717) is 17.1 Å². The van der Waals surface area contributed by atoms with E-state index in [9.17, 15) is 9.90 Å². The molecule has 3 rings (SSSR count). The average molecular weight is 339 g/mol. The first-order chi connectivity index (χ1) is 11.8. The fraction of sp³-hybridized carbons (Fsp3) is 0.263. The van der Waals surface area contributed by atoms with Crippen LogP contribution in [0.25, 0.3) is 5.69 Å². The van der Waals surface area contributed by atoms with Crippen molar-refractivity contribution in [2.75, 3.05) is 6.54 Å². The second-order valence-corrected chi connectivity index (χ2v) is 6.38. The lowest BCUT2D eigenvalue weighted by Gasteiger charge is -2.21. The molecular formula is C19H21N3O3. The standard InChI is InChI=1S/C19H21N3O3/c1-13-10-21-22(11-13)16-7-5-15(6-8-16)18(23)20-12-19(3,24)17-9-4-14(2)25-17/h4-11,24H,12H2,1-3H3,(H,20,23). The second-order valence-electron chi connectivity index (χ2n) is 6.38. The molecule has 2 N–H and O–H groups in total. The zero-order valence-corrected chi connectivity index (χ0v) is 14.5. The SMILES string of the molecule is Cc1cnn(-c2ccc(C(=O)NCC(C)(O)c3ccc(C)o3)cc2)c1. The number of nitrogens with one attached hydrogen (secondary N) is 1. The molecule has 0 radical (unpaired) electrons. The summed E-state index contributed by atoms with van der Waals surface area (Å²) in [6.45, 7) is 5.44. The largest absolute Gasteiger partial charge is 0.463 e. The van der Waals surface area contributed by atoms with Gasteiger partial charge in [-0.3, -0.25) is 4.79 Å². The summed E-state index contributed by atoms with van der Waals surface area (Å²) >= 11 is 0. The quantitative estimate of drug-likeness (QED) is 0.749. The normalized spacial score (nSPS) is 13.4. The topological polar surface area (TPSA) is 80.3 Å². The van der Waals surface area contributed by atoms with Crippen LogP contribution in [0.15, 0.2) is 53.2 Å². The van der Waals surface area contributed by atoms with Gasteiger partial charge >= 0.3 is 0 Å². The lowest BCUT2D eigenvalue weighted by atomic mass is 10.0. The smallest absolute Gasteiger partial charge is 0.251 e. The van der Waals surface area contributed by atoms with E-state index in [1.807, 2.05) is 25.3 Å². The molecule has 0 bridgehead atoms. The van der Waals surface area contributed by atoms with Gasteiger partial charge in [0, 0.05) is 11.8 Å². The number of rotatable bonds is 5. The molecule has 6 nitrogen and oxygen atoms in total. The van der Waals surface area contributed by atoms with Crippen molar-refractivity contribution in [3.63, 3.8) is 0 Å². The molecule has 0 saturated carbocycles. The molecule has 0 aliphatic carbocycles. The van der Waals surface area contributed by atoms with Crippen LogP contribution in [0.3, 0.4) is 0 Å². The van der Waals surface area contributed by atoms with E-state index in [0.717, 1.165) is 11.3 Å². The number of nitrogens with zero attached hydrogens (tertiary/aromatic N) is 2. The van der Waals surface area contributed by atoms with Gasteiger partial charge < -0.3 is 14.8 Å². The van der Waals surface area contributed by atoms with Crippen molar-refractivity contribution in [2.45, 2.75) is 26.4 Å². The van der Waals surface area contributed by atoms with Crippen LogP contribution in [0.2, 0.25) is 0 Å². The minimum atomic E-state index is -1.27. The summed E-state index contributed by atoms with van der Waals surface area (Å²) in [5.41, 5.74) is 1.19. The maximum absolute atomic E-state index is 12.3. The highest BCUT2D eigenvalue weighted by Gasteiger charge is 2.27. The number of furan rings is 1. The number of carbonyl (C=O) groups excluding carboxylic acids is 1. The van der Waals surface area contributed by atoms with Gasteiger partial charge in [0.2, 0.25) is 0 Å². The minimum absolute atomic E-state index is 0.0545. The number of hydrogen-bond donors (Lipinski definition) is 2. The second kappa shape index (κ2) is 6.57. The Labute approximate surface area is 146 Å². The Morgan fingerprint density at radius 3 is 2.52 bits per heavy atom. The maximum atomic E-state index is 12.3. The fourth-order valence-electron chi connectivity index (χ4n) is 2.49. The van der Waals surface area contributed by atoms with Crippen LogP contribution in [0.1, 0.15) is 34.4 Å². The predicted octanol–water partition coefficient (Wildman–Crippen LogP) is 2.72. The minimum Gasteiger partial charge on any atom is -0.463 e. The Morgan fingerprint density at radius 1 is 1.24 bits per heavy atom. The third-order valence-electron chi connectivity index (χ3n) is 3.97. The first kappa shape index (κ1) is 17.0. The van der Waals surface area contributed by atoms with Crippen molar-refractivity contribution in [2.24, 2.45) is 0 Å². The molecule has 25 heavy (non-hydrogen) atoms. The molecule has 0 fully saturated rings. The van der Waals surface area contributed by atoms with Gasteiger partial charge in [0.1, 0.15) is 17.1 Å². The molecule has 130 valence electrons. The summed E-state index contributed by atoms with van der Waals surface area (Å²) in [5, 5.41) is 17.4. The van der Waals surface area contributed by atoms with E-state index in [-0.39, 0.29) is 12.5 Å². The molecule has 2 heterocycles. The number of hydrogen-bond acceptors (Lipinski definition) is 4. The molecule has 0 aliphatic heterocycles. The van der Waals surface area contributed by atoms with E-state index in [1.54, 1.807) is 49.0 Å². The first-order valence-corrected chi connectivity index (χ1v) is 8.04. The van der Waals surface area contributed by atoms with Crippen molar-refractivity contribution in [1.82, 2.24) is 15.1 Å². The Bertz CT molecular complexity index is 875. The summed E-state index contributed by atoms with van der Waals surface area (Å²) in [7, 11) is 0. The average Bonchev–Trinajstić information content (AvgIpc) is 3.22. The van der Waals surface area contributed by atoms with Crippen LogP contribution in [-0.4, -0.2) is 27.3 Å². The molecule has 2 aromatic heterocycles. The number of aryl methyl sites for hydroxylation is 2. The third-order valence-corrected chi connectivity index (χ3v) is 3.97. The molecule has 1 atom stereocenters. The molecule has 1 aromatic carbocycles. The van der Waals surface area contributed by atoms with Crippen molar-refractivity contribution in [3.05, 3.63) is 71.4 Å². The molecule has 1 amide bonds. The Morgan fingerprint density at radius 2 is 1.96 bits per heavy atom. The Balaban J connectivity index is 1.65. The molecule has 0 saturated heterocycles. The van der Waals surface area contributed by atoms with E-state index in [4.69, 9.17) is 4.42 Å². The van der Waals surface area contributed by atoms with E-state index in [2.05, 4.69) is 10.4 Å². The van der Waals surface area contributed by atoms with Crippen molar-refractivity contribution >= 4 is 5.91 Å². The lowest BCUT2D eigenvalue weighted by Crippen LogP contribution is -2.38. The number of aliphatic hydroxyl groups is 1. The third kappa shape index (κ3) is 3.80. The van der Waals surface area contributed by atoms with Gasteiger partial charge in [0.05, 0.1) is 18.4 Å². The highest BCUT2D eigenvalue weighted by atomic mass is 16.4. The van der Waals surface area contributed by atoms with E-state index >= 15 is 0 Å². The summed E-state index contributed by atoms with van der Waals surface area (Å²) in [4.78, 5) is 12.3. The van der Waals surface area contributed by atoms with Gasteiger partial charge in [0.15, 0.2) is 0 Å². The summed E-state index contributed by atoms with van der Waals surface area (Å²) in [5.74, 6) is 0.882. The molecule has 3 aromatic rings. The van der Waals surface area contributed by atoms with Crippen LogP contribution in [-0.2, 0) is 5.60 Å². The summed E-state index contributed by atoms with van der Waals surface area (Å²) < 4.78 is 7.19. The Kier molecular flexibility index (Phi) is 4.46. The van der Waals surface area contributed by atoms with Crippen LogP contribution in [0.5, 0.6) is 0 Å². The number of aromatic nitrogens is 2. The summed E-state index contributed by atoms with van der Waals surface area (Å²) in [6, 6.07) is 10.6. The molecular weight excluding hydrogens is 318 g/mol. The van der Waals surface area contributed by atoms with Crippen LogP contribution in [0, 0.1) is 13.8 Å². The van der Waals surface area contributed by atoms with E-state index < -0.39 is 5.60 Å². The van der Waals surface area contributed by atoms with Crippen molar-refractivity contribution in [3.8, 4) is 5.69 Å². The lowest BCUT2D eigenvalue weighted by molar-refractivity contribution is 0.0323. The van der Waals surface area contributed by atoms with Crippen molar-refractivity contribution in [1.29, 1.82) is 0 Å². The first-order valence-electron chi connectivity index (χ1n) is 8.04. The number of carbonyl (C=O) groups is 1. The van der Waals surface area contributed by atoms with Crippen LogP contribution >= 0.6 is 0 Å². The highest BCUT2D eigenvalue weighted by molar-refractivity contribution is 5.94. The zero-order valence-electron chi connectivity index (χ0n) is 14.5. The van der Waals surface area contributed by atoms with Crippen LogP contribution in [0.4, 0.5) is 0 Å². The van der Waals surface area contributed by atoms with Gasteiger partial charge in [-0.1, -0.05) is 0 Å². The summed E-state index contributed by atoms with van der Waals surface area (Å²) in [6.07, 6.45) is 3.69. The monoisotopic (exact) mass is 339 g/mol. The van der Waals surface area contributed by atoms with Crippen molar-refractivity contribution < 1.29 is 14.3 Å². The molecule has 0 spiro atoms. The van der Waals surface area contributed by atoms with Gasteiger partial charge in [0.25, 0.3) is 5.91 Å². The van der Waals surface area contributed by atoms with Gasteiger partial charge in [-0.25, -0.2) is 4.68 Å². The van der Waals surface area contributed by atoms with Crippen LogP contribution < -0.4 is 5.32 Å². The molecule has 6 heteroatoms. The number of benzene rings is 1. The number of amides is 1. The van der Waals surface area contributed by atoms with Gasteiger partial charge in [-0.05, 0) is 62.7 Å². The highest BCUT2D eigenvalue weighted by Crippen LogP contribution is 2.22.